The van der Waals surface area contributed by atoms with Gasteiger partial charge in [0.2, 0.25) is 0 Å². The number of nitrogens with zero attached hydrogens (tertiary/aromatic N) is 3. The van der Waals surface area contributed by atoms with Crippen LogP contribution in [0.25, 0.3) is 22.0 Å². The number of hydrogen-bond acceptors (Lipinski definition) is 3. The van der Waals surface area contributed by atoms with Gasteiger partial charge in [0, 0.05) is 41.9 Å². The molecule has 4 heterocycles. The highest BCUT2D eigenvalue weighted by Gasteiger charge is 2.18. The van der Waals surface area contributed by atoms with Gasteiger partial charge in [0.25, 0.3) is 0 Å². The summed E-state index contributed by atoms with van der Waals surface area (Å²) in [5.74, 6) is 0. The van der Waals surface area contributed by atoms with E-state index < -0.39 is 0 Å². The number of aromatic nitrogens is 2. The third-order valence-corrected chi connectivity index (χ3v) is 7.03. The first-order valence-corrected chi connectivity index (χ1v) is 12.3. The number of piperidine rings is 1. The normalized spacial score (nSPS) is 16.9. The highest BCUT2D eigenvalue weighted by atomic mass is 15.1. The molecule has 0 saturated carbocycles. The van der Waals surface area contributed by atoms with Crippen LogP contribution in [-0.4, -0.2) is 40.2 Å². The lowest BCUT2D eigenvalue weighted by atomic mass is 9.93. The summed E-state index contributed by atoms with van der Waals surface area (Å²) in [6.07, 6.45) is 9.94. The lowest BCUT2D eigenvalue weighted by Crippen LogP contribution is -2.29. The predicted octanol–water partition coefficient (Wildman–Crippen LogP) is 6.00. The van der Waals surface area contributed by atoms with E-state index in [1.54, 1.807) is 0 Å². The summed E-state index contributed by atoms with van der Waals surface area (Å²) >= 11 is 0. The van der Waals surface area contributed by atoms with E-state index in [0.717, 1.165) is 48.2 Å². The Hall–Kier alpha value is -3.24. The molecule has 2 aromatic carbocycles. The molecule has 2 aliphatic rings. The average molecular weight is 435 g/mol. The summed E-state index contributed by atoms with van der Waals surface area (Å²) in [4.78, 5) is 15.5. The van der Waals surface area contributed by atoms with Crippen LogP contribution in [0.1, 0.15) is 48.1 Å². The van der Waals surface area contributed by atoms with Crippen molar-refractivity contribution in [3.05, 3.63) is 89.4 Å². The molecular weight excluding hydrogens is 404 g/mol. The van der Waals surface area contributed by atoms with Crippen molar-refractivity contribution in [1.29, 1.82) is 0 Å². The van der Waals surface area contributed by atoms with Gasteiger partial charge in [-0.2, -0.15) is 0 Å². The number of hydrogen-bond donors (Lipinski definition) is 1. The lowest BCUT2D eigenvalue weighted by molar-refractivity contribution is 0.221. The molecule has 0 bridgehead atoms. The van der Waals surface area contributed by atoms with Crippen LogP contribution in [0.3, 0.4) is 0 Å². The van der Waals surface area contributed by atoms with Crippen LogP contribution in [0.4, 0.5) is 0 Å². The van der Waals surface area contributed by atoms with Crippen molar-refractivity contribution in [2.45, 2.75) is 38.6 Å². The molecular formula is C29H30N4. The van der Waals surface area contributed by atoms with Crippen molar-refractivity contribution in [2.24, 2.45) is 4.99 Å². The third-order valence-electron chi connectivity index (χ3n) is 7.03. The molecule has 1 N–H and O–H groups in total. The van der Waals surface area contributed by atoms with E-state index in [1.807, 2.05) is 18.5 Å². The molecule has 0 spiro atoms. The number of rotatable bonds is 4. The molecule has 4 aromatic rings. The maximum Gasteiger partial charge on any atom is 0.0884 e. The molecule has 0 amide bonds. The Morgan fingerprint density at radius 2 is 1.79 bits per heavy atom. The number of aliphatic imine (C=N–C) groups is 1. The monoisotopic (exact) mass is 434 g/mol. The molecule has 0 aliphatic carbocycles. The van der Waals surface area contributed by atoms with E-state index in [0.29, 0.717) is 0 Å². The fraction of sp³-hybridized carbons (Fsp3) is 0.310. The fourth-order valence-corrected chi connectivity index (χ4v) is 5.29. The topological polar surface area (TPSA) is 44.3 Å². The Bertz CT molecular complexity index is 1280. The third kappa shape index (κ3) is 4.23. The summed E-state index contributed by atoms with van der Waals surface area (Å²) in [7, 11) is 0. The van der Waals surface area contributed by atoms with E-state index in [1.165, 1.54) is 60.2 Å². The Balaban J connectivity index is 1.36. The number of benzene rings is 2. The summed E-state index contributed by atoms with van der Waals surface area (Å²) in [6, 6.07) is 20.3. The van der Waals surface area contributed by atoms with Gasteiger partial charge < -0.3 is 4.98 Å². The smallest absolute Gasteiger partial charge is 0.0884 e. The van der Waals surface area contributed by atoms with Gasteiger partial charge in [0.05, 0.1) is 11.4 Å². The number of likely N-dealkylation sites (tertiary alicyclic amines) is 1. The zero-order valence-corrected chi connectivity index (χ0v) is 19.1. The first-order chi connectivity index (χ1) is 16.3. The SMILES string of the molecule is c1cc(CN2CCCCC2)cc(-c2ccc3c(c2)C(c2cc4cnccc4[nH]2)=NCCC3)c1. The molecule has 166 valence electrons. The van der Waals surface area contributed by atoms with E-state index in [2.05, 4.69) is 63.4 Å². The van der Waals surface area contributed by atoms with Crippen LogP contribution < -0.4 is 0 Å². The second-order valence-electron chi connectivity index (χ2n) is 9.39. The molecule has 2 aliphatic heterocycles. The fourth-order valence-electron chi connectivity index (χ4n) is 5.29. The number of nitrogens with one attached hydrogen (secondary N) is 1. The molecule has 0 unspecified atom stereocenters. The van der Waals surface area contributed by atoms with Crippen molar-refractivity contribution in [1.82, 2.24) is 14.9 Å². The van der Waals surface area contributed by atoms with Gasteiger partial charge in [-0.15, -0.1) is 0 Å². The van der Waals surface area contributed by atoms with Gasteiger partial charge in [-0.05, 0) is 85.3 Å². The Labute approximate surface area is 195 Å². The number of aryl methyl sites for hydroxylation is 1. The summed E-state index contributed by atoms with van der Waals surface area (Å²) < 4.78 is 0. The van der Waals surface area contributed by atoms with E-state index in [9.17, 15) is 0 Å². The molecule has 0 radical (unpaired) electrons. The molecule has 4 nitrogen and oxygen atoms in total. The minimum Gasteiger partial charge on any atom is -0.353 e. The highest BCUT2D eigenvalue weighted by Crippen LogP contribution is 2.29. The van der Waals surface area contributed by atoms with Gasteiger partial charge in [-0.25, -0.2) is 0 Å². The van der Waals surface area contributed by atoms with Crippen LogP contribution >= 0.6 is 0 Å². The molecule has 4 heteroatoms. The minimum absolute atomic E-state index is 0.859. The zero-order chi connectivity index (χ0) is 22.0. The number of fused-ring (bicyclic) bond motifs is 2. The average Bonchev–Trinajstić information content (AvgIpc) is 3.17. The first-order valence-electron chi connectivity index (χ1n) is 12.3. The minimum atomic E-state index is 0.859. The van der Waals surface area contributed by atoms with E-state index >= 15 is 0 Å². The molecule has 1 fully saturated rings. The first kappa shape index (κ1) is 20.4. The Morgan fingerprint density at radius 1 is 0.879 bits per heavy atom. The van der Waals surface area contributed by atoms with Gasteiger partial charge in [0.1, 0.15) is 0 Å². The zero-order valence-electron chi connectivity index (χ0n) is 19.1. The Kier molecular flexibility index (Phi) is 5.53. The summed E-state index contributed by atoms with van der Waals surface area (Å²) in [5, 5.41) is 1.13. The molecule has 2 aromatic heterocycles. The number of pyridine rings is 1. The van der Waals surface area contributed by atoms with Crippen LogP contribution in [0.2, 0.25) is 0 Å². The summed E-state index contributed by atoms with van der Waals surface area (Å²) in [5.41, 5.74) is 9.86. The van der Waals surface area contributed by atoms with E-state index in [-0.39, 0.29) is 0 Å². The quantitative estimate of drug-likeness (QED) is 0.428. The predicted molar refractivity (Wildman–Crippen MR) is 136 cm³/mol. The second kappa shape index (κ2) is 8.95. The summed E-state index contributed by atoms with van der Waals surface area (Å²) in [6.45, 7) is 4.36. The molecule has 1 saturated heterocycles. The second-order valence-corrected chi connectivity index (χ2v) is 9.39. The van der Waals surface area contributed by atoms with Crippen molar-refractivity contribution >= 4 is 16.6 Å². The molecule has 0 atom stereocenters. The largest absolute Gasteiger partial charge is 0.353 e. The molecule has 6 rings (SSSR count). The van der Waals surface area contributed by atoms with Crippen LogP contribution in [0.5, 0.6) is 0 Å². The van der Waals surface area contributed by atoms with Crippen molar-refractivity contribution < 1.29 is 0 Å². The van der Waals surface area contributed by atoms with Gasteiger partial charge in [-0.3, -0.25) is 14.9 Å². The standard InChI is InChI=1S/C29H30N4/c1-2-14-33(15-3-1)20-21-6-4-7-23(16-21)24-10-9-22-8-5-12-31-29(26(22)17-24)28-18-25-19-30-13-11-27(25)32-28/h4,6-7,9-11,13,16-19,32H,1-3,5,8,12,14-15,20H2. The lowest BCUT2D eigenvalue weighted by Gasteiger charge is -2.26. The maximum atomic E-state index is 5.02. The van der Waals surface area contributed by atoms with Gasteiger partial charge in [0.15, 0.2) is 0 Å². The van der Waals surface area contributed by atoms with Crippen LogP contribution in [0, 0.1) is 0 Å². The van der Waals surface area contributed by atoms with Crippen LogP contribution in [0.15, 0.2) is 72.0 Å². The molecule has 33 heavy (non-hydrogen) atoms. The van der Waals surface area contributed by atoms with Gasteiger partial charge >= 0.3 is 0 Å². The Morgan fingerprint density at radius 3 is 2.70 bits per heavy atom. The van der Waals surface area contributed by atoms with Crippen LogP contribution in [-0.2, 0) is 13.0 Å². The number of H-pyrrole nitrogens is 1. The van der Waals surface area contributed by atoms with Crippen molar-refractivity contribution in [3.63, 3.8) is 0 Å². The maximum absolute atomic E-state index is 5.02. The van der Waals surface area contributed by atoms with Gasteiger partial charge in [-0.1, -0.05) is 36.8 Å². The van der Waals surface area contributed by atoms with Crippen molar-refractivity contribution in [3.8, 4) is 11.1 Å². The van der Waals surface area contributed by atoms with E-state index in [4.69, 9.17) is 4.99 Å². The number of aromatic amines is 1. The highest BCUT2D eigenvalue weighted by molar-refractivity contribution is 6.15. The van der Waals surface area contributed by atoms with Crippen molar-refractivity contribution in [2.75, 3.05) is 19.6 Å².